The Morgan fingerprint density at radius 2 is 2.36 bits per heavy atom. The number of halogens is 2. The highest BCUT2D eigenvalue weighted by atomic mass is 79.9. The zero-order valence-electron chi connectivity index (χ0n) is 7.51. The maximum atomic E-state index is 5.94. The monoisotopic (exact) mass is 306 g/mol. The quantitative estimate of drug-likeness (QED) is 0.548. The minimum Gasteiger partial charge on any atom is -0.143 e. The summed E-state index contributed by atoms with van der Waals surface area (Å²) >= 11 is 13.1. The molecule has 0 saturated heterocycles. The Bertz CT molecular complexity index is 464. The van der Waals surface area contributed by atoms with E-state index < -0.39 is 0 Å². The van der Waals surface area contributed by atoms with Crippen LogP contribution >= 0.6 is 50.6 Å². The van der Waals surface area contributed by atoms with E-state index in [0.29, 0.717) is 5.88 Å². The predicted octanol–water partition coefficient (Wildman–Crippen LogP) is 5.12. The molecule has 0 spiro atoms. The molecule has 0 aliphatic carbocycles. The van der Waals surface area contributed by atoms with E-state index in [1.807, 2.05) is 0 Å². The van der Waals surface area contributed by atoms with Gasteiger partial charge in [-0.25, -0.2) is 0 Å². The summed E-state index contributed by atoms with van der Waals surface area (Å²) in [6.07, 6.45) is 2.08. The van der Waals surface area contributed by atoms with Crippen molar-refractivity contribution in [1.29, 1.82) is 0 Å². The molecule has 0 amide bonds. The molecule has 2 rings (SSSR count). The lowest BCUT2D eigenvalue weighted by atomic mass is 10.2. The summed E-state index contributed by atoms with van der Waals surface area (Å²) in [5.74, 6) is 0.560. The summed E-state index contributed by atoms with van der Waals surface area (Å²) in [6.45, 7) is 0. The van der Waals surface area contributed by atoms with Crippen molar-refractivity contribution >= 4 is 60.7 Å². The molecular formula is C10H8BrClS2. The maximum absolute atomic E-state index is 5.94. The minimum absolute atomic E-state index is 0.560. The van der Waals surface area contributed by atoms with Crippen LogP contribution in [0.25, 0.3) is 10.1 Å². The van der Waals surface area contributed by atoms with E-state index in [1.54, 1.807) is 23.1 Å². The average molecular weight is 308 g/mol. The van der Waals surface area contributed by atoms with Crippen molar-refractivity contribution in [2.75, 3.05) is 6.26 Å². The van der Waals surface area contributed by atoms with Gasteiger partial charge in [-0.3, -0.25) is 0 Å². The Balaban J connectivity index is 2.79. The van der Waals surface area contributed by atoms with Gasteiger partial charge in [0.25, 0.3) is 0 Å². The summed E-state index contributed by atoms with van der Waals surface area (Å²) in [4.78, 5) is 1.26. The lowest BCUT2D eigenvalue weighted by Crippen LogP contribution is -1.85. The smallest absolute Gasteiger partial charge is 0.0496 e. The van der Waals surface area contributed by atoms with Gasteiger partial charge in [-0.2, -0.15) is 0 Å². The molecule has 0 aliphatic heterocycles. The number of thiophene rings is 1. The van der Waals surface area contributed by atoms with Gasteiger partial charge in [0.15, 0.2) is 0 Å². The molecule has 0 nitrogen and oxygen atoms in total. The van der Waals surface area contributed by atoms with Crippen LogP contribution in [0.4, 0.5) is 0 Å². The van der Waals surface area contributed by atoms with Crippen LogP contribution in [0.15, 0.2) is 26.9 Å². The van der Waals surface area contributed by atoms with Gasteiger partial charge >= 0.3 is 0 Å². The largest absolute Gasteiger partial charge is 0.143 e. The van der Waals surface area contributed by atoms with Crippen LogP contribution in [0.2, 0.25) is 0 Å². The Kier molecular flexibility index (Phi) is 3.42. The molecule has 14 heavy (non-hydrogen) atoms. The fraction of sp³-hybridized carbons (Fsp3) is 0.200. The molecule has 1 heterocycles. The zero-order valence-corrected chi connectivity index (χ0v) is 11.5. The molecule has 4 heteroatoms. The van der Waals surface area contributed by atoms with E-state index in [1.165, 1.54) is 20.5 Å². The summed E-state index contributed by atoms with van der Waals surface area (Å²) in [6, 6.07) is 4.35. The SMILES string of the molecule is CSc1cc2ccsc2c(Br)c1CCl. The summed E-state index contributed by atoms with van der Waals surface area (Å²) in [7, 11) is 0. The normalized spacial score (nSPS) is 11.1. The van der Waals surface area contributed by atoms with Gasteiger partial charge in [-0.1, -0.05) is 0 Å². The van der Waals surface area contributed by atoms with Crippen LogP contribution in [0.5, 0.6) is 0 Å². The molecule has 0 unspecified atom stereocenters. The number of hydrogen-bond acceptors (Lipinski definition) is 2. The zero-order chi connectivity index (χ0) is 10.1. The molecule has 1 aromatic carbocycles. The number of thioether (sulfide) groups is 1. The highest BCUT2D eigenvalue weighted by Gasteiger charge is 2.10. The molecule has 0 fully saturated rings. The highest BCUT2D eigenvalue weighted by Crippen LogP contribution is 2.38. The van der Waals surface area contributed by atoms with Gasteiger partial charge in [-0.15, -0.1) is 34.7 Å². The van der Waals surface area contributed by atoms with Crippen molar-refractivity contribution in [3.63, 3.8) is 0 Å². The standard InChI is InChI=1S/C10H8BrClS2/c1-13-8-4-6-2-3-14-10(6)9(11)7(8)5-12/h2-4H,5H2,1H3. The molecule has 0 radical (unpaired) electrons. The average Bonchev–Trinajstić information content (AvgIpc) is 2.65. The predicted molar refractivity (Wildman–Crippen MR) is 70.9 cm³/mol. The molecule has 0 bridgehead atoms. The van der Waals surface area contributed by atoms with Crippen molar-refractivity contribution in [2.24, 2.45) is 0 Å². The van der Waals surface area contributed by atoms with Crippen LogP contribution < -0.4 is 0 Å². The summed E-state index contributed by atoms with van der Waals surface area (Å²) < 4.78 is 2.45. The molecular weight excluding hydrogens is 300 g/mol. The van der Waals surface area contributed by atoms with Gasteiger partial charge in [0.2, 0.25) is 0 Å². The van der Waals surface area contributed by atoms with E-state index in [4.69, 9.17) is 11.6 Å². The third kappa shape index (κ3) is 1.71. The van der Waals surface area contributed by atoms with Crippen molar-refractivity contribution in [3.05, 3.63) is 27.5 Å². The van der Waals surface area contributed by atoms with Crippen molar-refractivity contribution in [1.82, 2.24) is 0 Å². The first-order valence-electron chi connectivity index (χ1n) is 4.06. The Morgan fingerprint density at radius 3 is 3.00 bits per heavy atom. The third-order valence-corrected chi connectivity index (χ3v) is 5.25. The first-order valence-corrected chi connectivity index (χ1v) is 7.49. The van der Waals surface area contributed by atoms with Crippen LogP contribution in [-0.4, -0.2) is 6.26 Å². The number of hydrogen-bond donors (Lipinski definition) is 0. The molecule has 2 aromatic rings. The fourth-order valence-corrected chi connectivity index (χ4v) is 4.41. The third-order valence-electron chi connectivity index (χ3n) is 2.10. The van der Waals surface area contributed by atoms with Crippen LogP contribution in [0.3, 0.4) is 0 Å². The van der Waals surface area contributed by atoms with Crippen LogP contribution in [-0.2, 0) is 5.88 Å². The van der Waals surface area contributed by atoms with Gasteiger partial charge < -0.3 is 0 Å². The van der Waals surface area contributed by atoms with E-state index in [9.17, 15) is 0 Å². The number of benzene rings is 1. The lowest BCUT2D eigenvalue weighted by molar-refractivity contribution is 1.27. The molecule has 0 aliphatic rings. The molecule has 0 saturated carbocycles. The van der Waals surface area contributed by atoms with E-state index in [-0.39, 0.29) is 0 Å². The minimum atomic E-state index is 0.560. The van der Waals surface area contributed by atoms with Crippen LogP contribution in [0, 0.1) is 0 Å². The lowest BCUT2D eigenvalue weighted by Gasteiger charge is -2.07. The molecule has 74 valence electrons. The maximum Gasteiger partial charge on any atom is 0.0496 e. The second-order valence-corrected chi connectivity index (χ2v) is 5.67. The topological polar surface area (TPSA) is 0 Å². The van der Waals surface area contributed by atoms with E-state index in [0.717, 1.165) is 4.47 Å². The highest BCUT2D eigenvalue weighted by molar-refractivity contribution is 9.10. The summed E-state index contributed by atoms with van der Waals surface area (Å²) in [5.41, 5.74) is 1.20. The second-order valence-electron chi connectivity index (χ2n) is 2.84. The number of alkyl halides is 1. The van der Waals surface area contributed by atoms with Crippen LogP contribution in [0.1, 0.15) is 5.56 Å². The van der Waals surface area contributed by atoms with Crippen molar-refractivity contribution in [2.45, 2.75) is 10.8 Å². The Morgan fingerprint density at radius 1 is 1.57 bits per heavy atom. The van der Waals surface area contributed by atoms with Crippen molar-refractivity contribution in [3.8, 4) is 0 Å². The van der Waals surface area contributed by atoms with Gasteiger partial charge in [0, 0.05) is 19.9 Å². The van der Waals surface area contributed by atoms with Gasteiger partial charge in [0.05, 0.1) is 0 Å². The molecule has 0 atom stereocenters. The molecule has 1 aromatic heterocycles. The van der Waals surface area contributed by atoms with E-state index >= 15 is 0 Å². The van der Waals surface area contributed by atoms with Crippen molar-refractivity contribution < 1.29 is 0 Å². The second kappa shape index (κ2) is 4.44. The summed E-state index contributed by atoms with van der Waals surface area (Å²) in [5, 5.41) is 3.40. The Labute approximate surface area is 105 Å². The fourth-order valence-electron chi connectivity index (χ4n) is 1.39. The van der Waals surface area contributed by atoms with E-state index in [2.05, 4.69) is 39.7 Å². The molecule has 0 N–H and O–H groups in total. The van der Waals surface area contributed by atoms with Gasteiger partial charge in [-0.05, 0) is 50.6 Å². The first-order chi connectivity index (χ1) is 6.77. The van der Waals surface area contributed by atoms with Gasteiger partial charge in [0.1, 0.15) is 0 Å². The number of fused-ring (bicyclic) bond motifs is 1. The first kappa shape index (κ1) is 10.8. The number of rotatable bonds is 2. The Hall–Kier alpha value is 0.300.